The molecule has 0 aromatic heterocycles. The van der Waals surface area contributed by atoms with Crippen molar-refractivity contribution in [1.82, 2.24) is 5.32 Å². The van der Waals surface area contributed by atoms with Crippen molar-refractivity contribution >= 4 is 23.3 Å². The summed E-state index contributed by atoms with van der Waals surface area (Å²) in [6.07, 6.45) is -0.856. The Labute approximate surface area is 160 Å². The number of nitro groups is 1. The van der Waals surface area contributed by atoms with Crippen LogP contribution in [-0.4, -0.2) is 28.9 Å². The van der Waals surface area contributed by atoms with Gasteiger partial charge in [0.05, 0.1) is 17.7 Å². The van der Waals surface area contributed by atoms with Gasteiger partial charge in [0, 0.05) is 17.7 Å². The van der Waals surface area contributed by atoms with Crippen LogP contribution < -0.4 is 10.1 Å². The predicted molar refractivity (Wildman–Crippen MR) is 102 cm³/mol. The number of rotatable bonds is 7. The Kier molecular flexibility index (Phi) is 6.69. The molecule has 0 radical (unpaired) electrons. The summed E-state index contributed by atoms with van der Waals surface area (Å²) in [5.74, 6) is 0.273. The molecule has 2 aromatic carbocycles. The molecule has 0 aliphatic heterocycles. The van der Waals surface area contributed by atoms with Gasteiger partial charge in [-0.3, -0.25) is 15.4 Å². The average molecular weight is 385 g/mol. The number of nitro benzene ring substituents is 1. The third-order valence-corrected chi connectivity index (χ3v) is 3.72. The molecule has 9 heteroatoms. The van der Waals surface area contributed by atoms with Gasteiger partial charge in [0.15, 0.2) is 0 Å². The van der Waals surface area contributed by atoms with E-state index in [1.165, 1.54) is 31.2 Å². The second-order valence-corrected chi connectivity index (χ2v) is 5.70. The highest BCUT2D eigenvalue weighted by atomic mass is 16.6. The molecule has 2 aromatic rings. The monoisotopic (exact) mass is 385 g/mol. The van der Waals surface area contributed by atoms with E-state index in [0.717, 1.165) is 5.56 Å². The fourth-order valence-electron chi connectivity index (χ4n) is 2.22. The van der Waals surface area contributed by atoms with Gasteiger partial charge in [0.25, 0.3) is 5.69 Å². The Bertz CT molecular complexity index is 904. The van der Waals surface area contributed by atoms with E-state index in [1.54, 1.807) is 31.4 Å². The van der Waals surface area contributed by atoms with Crippen LogP contribution >= 0.6 is 0 Å². The minimum absolute atomic E-state index is 0.0154. The summed E-state index contributed by atoms with van der Waals surface area (Å²) in [5.41, 5.74) is 0.526. The van der Waals surface area contributed by atoms with Crippen LogP contribution in [0.4, 0.5) is 10.5 Å². The van der Waals surface area contributed by atoms with E-state index in [9.17, 15) is 20.0 Å². The molecular weight excluding hydrogens is 366 g/mol. The van der Waals surface area contributed by atoms with E-state index in [0.29, 0.717) is 5.75 Å². The standard InChI is InChI=1S/C19H19N3O6/c1-12(20)17(18(23)14-5-7-15(8-6-14)22(25)26)21-19(24)28-11-13-3-9-16(27-2)10-4-13/h3-10,20,23H,11H2,1-2H3,(H,21,24)/b18-17+,20-12?. The van der Waals surface area contributed by atoms with Crippen molar-refractivity contribution in [3.63, 3.8) is 0 Å². The quantitative estimate of drug-likeness (QED) is 0.287. The lowest BCUT2D eigenvalue weighted by molar-refractivity contribution is -0.384. The summed E-state index contributed by atoms with van der Waals surface area (Å²) in [7, 11) is 1.55. The van der Waals surface area contributed by atoms with Crippen molar-refractivity contribution in [3.8, 4) is 5.75 Å². The average Bonchev–Trinajstić information content (AvgIpc) is 2.70. The van der Waals surface area contributed by atoms with E-state index >= 15 is 0 Å². The van der Waals surface area contributed by atoms with E-state index in [2.05, 4.69) is 5.32 Å². The number of amides is 1. The normalized spacial score (nSPS) is 11.2. The first-order chi connectivity index (χ1) is 13.3. The summed E-state index contributed by atoms with van der Waals surface area (Å²) in [6.45, 7) is 1.36. The number of nitrogens with one attached hydrogen (secondary N) is 2. The zero-order valence-electron chi connectivity index (χ0n) is 15.3. The molecule has 0 unspecified atom stereocenters. The molecule has 0 aliphatic carbocycles. The molecule has 0 aliphatic rings. The highest BCUT2D eigenvalue weighted by Crippen LogP contribution is 2.19. The maximum atomic E-state index is 12.0. The zero-order valence-corrected chi connectivity index (χ0v) is 15.3. The fourth-order valence-corrected chi connectivity index (χ4v) is 2.22. The SMILES string of the molecule is COc1ccc(COC(=O)N/C(C(C)=N)=C(/O)c2ccc([N+](=O)[O-])cc2)cc1. The second-order valence-electron chi connectivity index (χ2n) is 5.70. The van der Waals surface area contributed by atoms with Gasteiger partial charge in [-0.25, -0.2) is 4.79 Å². The molecule has 1 amide bonds. The first-order valence-corrected chi connectivity index (χ1v) is 8.12. The van der Waals surface area contributed by atoms with Crippen molar-refractivity contribution in [3.05, 3.63) is 75.5 Å². The Morgan fingerprint density at radius 2 is 1.79 bits per heavy atom. The molecule has 0 spiro atoms. The third kappa shape index (κ3) is 5.31. The van der Waals surface area contributed by atoms with Crippen molar-refractivity contribution in [1.29, 1.82) is 5.41 Å². The number of benzene rings is 2. The summed E-state index contributed by atoms with van der Waals surface area (Å²) in [6, 6.07) is 12.0. The maximum absolute atomic E-state index is 12.0. The zero-order chi connectivity index (χ0) is 20.7. The molecule has 0 bridgehead atoms. The van der Waals surface area contributed by atoms with Crippen molar-refractivity contribution in [2.75, 3.05) is 7.11 Å². The number of non-ortho nitro benzene ring substituents is 1. The molecule has 28 heavy (non-hydrogen) atoms. The van der Waals surface area contributed by atoms with E-state index < -0.39 is 16.8 Å². The van der Waals surface area contributed by atoms with Crippen molar-refractivity contribution in [2.45, 2.75) is 13.5 Å². The lowest BCUT2D eigenvalue weighted by Crippen LogP contribution is -2.28. The van der Waals surface area contributed by atoms with E-state index in [4.69, 9.17) is 14.9 Å². The van der Waals surface area contributed by atoms with Gasteiger partial charge < -0.3 is 20.0 Å². The number of aliphatic hydroxyl groups excluding tert-OH is 1. The van der Waals surface area contributed by atoms with E-state index in [-0.39, 0.29) is 29.3 Å². The number of carbonyl (C=O) groups excluding carboxylic acids is 1. The van der Waals surface area contributed by atoms with Crippen LogP contribution in [0.1, 0.15) is 18.1 Å². The van der Waals surface area contributed by atoms with Gasteiger partial charge >= 0.3 is 6.09 Å². The summed E-state index contributed by atoms with van der Waals surface area (Å²) >= 11 is 0. The van der Waals surface area contributed by atoms with Crippen LogP contribution in [0.25, 0.3) is 5.76 Å². The highest BCUT2D eigenvalue weighted by molar-refractivity contribution is 6.03. The first-order valence-electron chi connectivity index (χ1n) is 8.12. The lowest BCUT2D eigenvalue weighted by Gasteiger charge is -2.12. The number of aliphatic hydroxyl groups is 1. The Hall–Kier alpha value is -3.88. The smallest absolute Gasteiger partial charge is 0.412 e. The Morgan fingerprint density at radius 1 is 1.18 bits per heavy atom. The lowest BCUT2D eigenvalue weighted by atomic mass is 10.1. The molecule has 0 saturated heterocycles. The van der Waals surface area contributed by atoms with Crippen LogP contribution in [0, 0.1) is 15.5 Å². The summed E-state index contributed by atoms with van der Waals surface area (Å²) in [5, 5.41) is 31.2. The minimum Gasteiger partial charge on any atom is -0.505 e. The molecule has 0 saturated carbocycles. The molecule has 0 atom stereocenters. The van der Waals surface area contributed by atoms with E-state index in [1.807, 2.05) is 0 Å². The van der Waals surface area contributed by atoms with Crippen molar-refractivity contribution in [2.24, 2.45) is 0 Å². The molecule has 0 fully saturated rings. The molecule has 9 nitrogen and oxygen atoms in total. The van der Waals surface area contributed by atoms with Gasteiger partial charge in [-0.2, -0.15) is 0 Å². The molecular formula is C19H19N3O6. The van der Waals surface area contributed by atoms with Gasteiger partial charge in [0.2, 0.25) is 0 Å². The number of hydrogen-bond acceptors (Lipinski definition) is 7. The van der Waals surface area contributed by atoms with Crippen molar-refractivity contribution < 1.29 is 24.3 Å². The van der Waals surface area contributed by atoms with Crippen LogP contribution in [0.15, 0.2) is 54.2 Å². The van der Waals surface area contributed by atoms with Crippen LogP contribution in [0.2, 0.25) is 0 Å². The van der Waals surface area contributed by atoms with Crippen LogP contribution in [-0.2, 0) is 11.3 Å². The first kappa shape index (κ1) is 20.4. The number of carbonyl (C=O) groups is 1. The molecule has 2 rings (SSSR count). The van der Waals surface area contributed by atoms with Gasteiger partial charge in [-0.05, 0) is 36.8 Å². The predicted octanol–water partition coefficient (Wildman–Crippen LogP) is 3.80. The number of hydrogen-bond donors (Lipinski definition) is 3. The summed E-state index contributed by atoms with van der Waals surface area (Å²) in [4.78, 5) is 22.2. The van der Waals surface area contributed by atoms with Crippen LogP contribution in [0.5, 0.6) is 5.75 Å². The number of methoxy groups -OCH3 is 1. The number of allylic oxidation sites excluding steroid dienone is 1. The van der Waals surface area contributed by atoms with Gasteiger partial charge in [0.1, 0.15) is 23.8 Å². The molecule has 146 valence electrons. The minimum atomic E-state index is -0.856. The Morgan fingerprint density at radius 3 is 2.29 bits per heavy atom. The number of ether oxygens (including phenoxy) is 2. The maximum Gasteiger partial charge on any atom is 0.412 e. The third-order valence-electron chi connectivity index (χ3n) is 3.72. The van der Waals surface area contributed by atoms with Gasteiger partial charge in [-0.1, -0.05) is 12.1 Å². The molecule has 0 heterocycles. The van der Waals surface area contributed by atoms with Gasteiger partial charge in [-0.15, -0.1) is 0 Å². The topological polar surface area (TPSA) is 135 Å². The second kappa shape index (κ2) is 9.17. The summed E-state index contributed by atoms with van der Waals surface area (Å²) < 4.78 is 10.1. The van der Waals surface area contributed by atoms with Crippen LogP contribution in [0.3, 0.4) is 0 Å². The Balaban J connectivity index is 2.09. The largest absolute Gasteiger partial charge is 0.505 e. The number of alkyl carbamates (subject to hydrolysis) is 1. The highest BCUT2D eigenvalue weighted by Gasteiger charge is 2.16. The number of nitrogens with zero attached hydrogens (tertiary/aromatic N) is 1. The fraction of sp³-hybridized carbons (Fsp3) is 0.158. The molecule has 3 N–H and O–H groups in total.